The van der Waals surface area contributed by atoms with Gasteiger partial charge < -0.3 is 4.90 Å². The van der Waals surface area contributed by atoms with Crippen LogP contribution in [0.25, 0.3) is 15.7 Å². The normalized spacial score (nSPS) is 15.0. The van der Waals surface area contributed by atoms with Crippen molar-refractivity contribution in [2.75, 3.05) is 13.1 Å². The van der Waals surface area contributed by atoms with Crippen molar-refractivity contribution in [1.82, 2.24) is 19.1 Å². The molecule has 0 radical (unpaired) electrons. The molecule has 0 aliphatic carbocycles. The average molecular weight is 344 g/mol. The van der Waals surface area contributed by atoms with Crippen LogP contribution in [0.5, 0.6) is 0 Å². The van der Waals surface area contributed by atoms with E-state index in [0.717, 1.165) is 42.0 Å². The van der Waals surface area contributed by atoms with Gasteiger partial charge in [0.15, 0.2) is 0 Å². The standard InChI is InChI=1S/C17H20N4O2S/c1-12-18-20(9-4-5-16(22)19-7-2-3-8-19)17(23)14-11-15-13(21(12)14)6-10-24-15/h6,10-11H,2-5,7-9H2,1H3. The maximum atomic E-state index is 12.7. The molecule has 7 heteroatoms. The molecule has 0 atom stereocenters. The van der Waals surface area contributed by atoms with Gasteiger partial charge in [-0.2, -0.15) is 5.10 Å². The first-order chi connectivity index (χ1) is 11.6. The fourth-order valence-electron chi connectivity index (χ4n) is 3.48. The number of thiophene rings is 1. The van der Waals surface area contributed by atoms with Gasteiger partial charge in [0.1, 0.15) is 11.3 Å². The van der Waals surface area contributed by atoms with E-state index < -0.39 is 0 Å². The molecule has 0 unspecified atom stereocenters. The Morgan fingerprint density at radius 3 is 2.88 bits per heavy atom. The van der Waals surface area contributed by atoms with Gasteiger partial charge >= 0.3 is 0 Å². The summed E-state index contributed by atoms with van der Waals surface area (Å²) in [6, 6.07) is 3.95. The van der Waals surface area contributed by atoms with Gasteiger partial charge in [0.2, 0.25) is 5.91 Å². The van der Waals surface area contributed by atoms with Gasteiger partial charge in [-0.15, -0.1) is 11.3 Å². The lowest BCUT2D eigenvalue weighted by Gasteiger charge is -2.15. The molecule has 1 aliphatic heterocycles. The second-order valence-corrected chi connectivity index (χ2v) is 7.25. The lowest BCUT2D eigenvalue weighted by Crippen LogP contribution is -2.29. The van der Waals surface area contributed by atoms with E-state index in [0.29, 0.717) is 24.9 Å². The first kappa shape index (κ1) is 15.4. The summed E-state index contributed by atoms with van der Waals surface area (Å²) in [4.78, 5) is 26.7. The van der Waals surface area contributed by atoms with E-state index in [4.69, 9.17) is 0 Å². The summed E-state index contributed by atoms with van der Waals surface area (Å²) in [7, 11) is 0. The summed E-state index contributed by atoms with van der Waals surface area (Å²) in [5.41, 5.74) is 1.61. The smallest absolute Gasteiger partial charge is 0.291 e. The molecule has 126 valence electrons. The number of hydrogen-bond donors (Lipinski definition) is 0. The van der Waals surface area contributed by atoms with Crippen LogP contribution in [0.15, 0.2) is 22.3 Å². The SMILES string of the molecule is Cc1nn(CCCC(=O)N2CCCC2)c(=O)c2cc3sccc3n12. The molecule has 1 aliphatic rings. The Morgan fingerprint density at radius 2 is 2.08 bits per heavy atom. The van der Waals surface area contributed by atoms with Crippen LogP contribution in [0.1, 0.15) is 31.5 Å². The lowest BCUT2D eigenvalue weighted by atomic mass is 10.3. The fraction of sp³-hybridized carbons (Fsp3) is 0.471. The minimum atomic E-state index is -0.0855. The molecule has 6 nitrogen and oxygen atoms in total. The molecule has 0 saturated carbocycles. The third-order valence-corrected chi connectivity index (χ3v) is 5.54. The molecule has 1 saturated heterocycles. The number of rotatable bonds is 4. The Kier molecular flexibility index (Phi) is 3.88. The van der Waals surface area contributed by atoms with E-state index >= 15 is 0 Å². The first-order valence-electron chi connectivity index (χ1n) is 8.39. The zero-order valence-corrected chi connectivity index (χ0v) is 14.5. The fourth-order valence-corrected chi connectivity index (χ4v) is 4.29. The highest BCUT2D eigenvalue weighted by Crippen LogP contribution is 2.24. The molecule has 0 aromatic carbocycles. The monoisotopic (exact) mass is 344 g/mol. The molecule has 24 heavy (non-hydrogen) atoms. The molecule has 4 heterocycles. The zero-order valence-electron chi connectivity index (χ0n) is 13.7. The van der Waals surface area contributed by atoms with Crippen molar-refractivity contribution in [3.05, 3.63) is 33.7 Å². The van der Waals surface area contributed by atoms with Crippen LogP contribution in [0.3, 0.4) is 0 Å². The van der Waals surface area contributed by atoms with Gasteiger partial charge in [-0.1, -0.05) is 0 Å². The van der Waals surface area contributed by atoms with Gasteiger partial charge in [0.25, 0.3) is 5.56 Å². The van der Waals surface area contributed by atoms with Crippen LogP contribution in [-0.4, -0.2) is 38.1 Å². The Labute approximate surface area is 143 Å². The van der Waals surface area contributed by atoms with E-state index in [9.17, 15) is 9.59 Å². The van der Waals surface area contributed by atoms with Crippen LogP contribution in [-0.2, 0) is 11.3 Å². The first-order valence-corrected chi connectivity index (χ1v) is 9.27. The zero-order chi connectivity index (χ0) is 16.7. The van der Waals surface area contributed by atoms with Gasteiger partial charge in [-0.25, -0.2) is 4.68 Å². The number of likely N-dealkylation sites (tertiary alicyclic amines) is 1. The van der Waals surface area contributed by atoms with E-state index in [2.05, 4.69) is 5.10 Å². The second-order valence-electron chi connectivity index (χ2n) is 6.30. The van der Waals surface area contributed by atoms with Crippen molar-refractivity contribution in [3.8, 4) is 0 Å². The molecule has 0 N–H and O–H groups in total. The van der Waals surface area contributed by atoms with Gasteiger partial charge in [0, 0.05) is 26.1 Å². The summed E-state index contributed by atoms with van der Waals surface area (Å²) >= 11 is 1.63. The number of carbonyl (C=O) groups excluding carboxylic acids is 1. The van der Waals surface area contributed by atoms with Crippen LogP contribution >= 0.6 is 11.3 Å². The number of hydrogen-bond acceptors (Lipinski definition) is 4. The van der Waals surface area contributed by atoms with Crippen molar-refractivity contribution in [2.24, 2.45) is 0 Å². The van der Waals surface area contributed by atoms with Crippen LogP contribution in [0.2, 0.25) is 0 Å². The molecule has 1 amide bonds. The molecular weight excluding hydrogens is 324 g/mol. The number of nitrogens with zero attached hydrogens (tertiary/aromatic N) is 4. The lowest BCUT2D eigenvalue weighted by molar-refractivity contribution is -0.130. The molecule has 3 aromatic heterocycles. The minimum absolute atomic E-state index is 0.0855. The van der Waals surface area contributed by atoms with Crippen LogP contribution < -0.4 is 5.56 Å². The number of amides is 1. The predicted molar refractivity (Wildman–Crippen MR) is 94.6 cm³/mol. The van der Waals surface area contributed by atoms with Crippen LogP contribution in [0.4, 0.5) is 0 Å². The summed E-state index contributed by atoms with van der Waals surface area (Å²) in [5.74, 6) is 0.991. The summed E-state index contributed by atoms with van der Waals surface area (Å²) < 4.78 is 4.52. The Morgan fingerprint density at radius 1 is 1.29 bits per heavy atom. The molecule has 0 spiro atoms. The highest BCUT2D eigenvalue weighted by Gasteiger charge is 2.18. The third-order valence-electron chi connectivity index (χ3n) is 4.68. The number of aryl methyl sites for hydroxylation is 2. The topological polar surface area (TPSA) is 59.6 Å². The van der Waals surface area contributed by atoms with E-state index in [-0.39, 0.29) is 11.5 Å². The Bertz CT molecular complexity index is 962. The molecule has 4 rings (SSSR count). The summed E-state index contributed by atoms with van der Waals surface area (Å²) in [6.07, 6.45) is 3.34. The van der Waals surface area contributed by atoms with Crippen molar-refractivity contribution < 1.29 is 4.79 Å². The van der Waals surface area contributed by atoms with Gasteiger partial charge in [-0.3, -0.25) is 14.0 Å². The van der Waals surface area contributed by atoms with Gasteiger partial charge in [-0.05, 0) is 43.7 Å². The van der Waals surface area contributed by atoms with Crippen molar-refractivity contribution in [2.45, 2.75) is 39.2 Å². The maximum absolute atomic E-state index is 12.7. The number of carbonyl (C=O) groups is 1. The molecule has 3 aromatic rings. The Balaban J connectivity index is 1.55. The highest BCUT2D eigenvalue weighted by molar-refractivity contribution is 7.17. The van der Waals surface area contributed by atoms with E-state index in [1.807, 2.05) is 33.7 Å². The minimum Gasteiger partial charge on any atom is -0.343 e. The quantitative estimate of drug-likeness (QED) is 0.730. The third kappa shape index (κ3) is 2.53. The van der Waals surface area contributed by atoms with Crippen molar-refractivity contribution in [1.29, 1.82) is 0 Å². The maximum Gasteiger partial charge on any atom is 0.291 e. The largest absolute Gasteiger partial charge is 0.343 e. The molecule has 1 fully saturated rings. The van der Waals surface area contributed by atoms with Gasteiger partial charge in [0.05, 0.1) is 10.2 Å². The van der Waals surface area contributed by atoms with Crippen molar-refractivity contribution >= 4 is 33.0 Å². The molecule has 0 bridgehead atoms. The number of fused-ring (bicyclic) bond motifs is 3. The highest BCUT2D eigenvalue weighted by atomic mass is 32.1. The van der Waals surface area contributed by atoms with Crippen molar-refractivity contribution in [3.63, 3.8) is 0 Å². The Hall–Kier alpha value is -2.15. The second kappa shape index (κ2) is 6.05. The average Bonchev–Trinajstić information content (AvgIpc) is 3.27. The van der Waals surface area contributed by atoms with Crippen LogP contribution in [0, 0.1) is 6.92 Å². The van der Waals surface area contributed by atoms with E-state index in [1.165, 1.54) is 4.68 Å². The summed E-state index contributed by atoms with van der Waals surface area (Å²) in [6.45, 7) is 4.15. The molecular formula is C17H20N4O2S. The number of aromatic nitrogens is 3. The predicted octanol–water partition coefficient (Wildman–Crippen LogP) is 2.42. The van der Waals surface area contributed by atoms with E-state index in [1.54, 1.807) is 11.3 Å². The summed E-state index contributed by atoms with van der Waals surface area (Å²) in [5, 5.41) is 6.46.